The number of hydrogen-bond donors (Lipinski definition) is 1. The highest BCUT2D eigenvalue weighted by molar-refractivity contribution is 6.17. The van der Waals surface area contributed by atoms with E-state index in [0.29, 0.717) is 12.3 Å². The van der Waals surface area contributed by atoms with Gasteiger partial charge in [-0.1, -0.05) is 29.8 Å². The van der Waals surface area contributed by atoms with E-state index in [1.165, 1.54) is 5.56 Å². The predicted molar refractivity (Wildman–Crippen MR) is 72.3 cm³/mol. The van der Waals surface area contributed by atoms with Gasteiger partial charge in [0.25, 0.3) is 0 Å². The molecular formula is C14H20ClNO. The molecule has 1 N–H and O–H groups in total. The Morgan fingerprint density at radius 3 is 2.53 bits per heavy atom. The summed E-state index contributed by atoms with van der Waals surface area (Å²) >= 11 is 5.57. The smallest absolute Gasteiger partial charge is 0.220 e. The fourth-order valence-electron chi connectivity index (χ4n) is 1.63. The van der Waals surface area contributed by atoms with Crippen LogP contribution in [0.2, 0.25) is 0 Å². The van der Waals surface area contributed by atoms with Crippen LogP contribution >= 0.6 is 11.6 Å². The molecule has 0 aliphatic carbocycles. The minimum Gasteiger partial charge on any atom is -0.350 e. The zero-order chi connectivity index (χ0) is 12.7. The number of amides is 1. The first-order valence-electron chi connectivity index (χ1n) is 6.05. The molecule has 1 aromatic rings. The third kappa shape index (κ3) is 5.22. The Labute approximate surface area is 108 Å². The summed E-state index contributed by atoms with van der Waals surface area (Å²) in [6, 6.07) is 8.30. The van der Waals surface area contributed by atoms with Gasteiger partial charge < -0.3 is 5.32 Å². The summed E-state index contributed by atoms with van der Waals surface area (Å²) in [5.41, 5.74) is 2.37. The minimum atomic E-state index is 0.0686. The molecule has 0 spiro atoms. The maximum absolute atomic E-state index is 11.6. The average molecular weight is 254 g/mol. The van der Waals surface area contributed by atoms with E-state index < -0.39 is 0 Å². The molecule has 2 nitrogen and oxygen atoms in total. The van der Waals surface area contributed by atoms with E-state index in [-0.39, 0.29) is 11.9 Å². The van der Waals surface area contributed by atoms with Crippen molar-refractivity contribution in [2.75, 3.05) is 5.88 Å². The molecule has 0 aliphatic rings. The number of rotatable bonds is 6. The number of nitrogens with one attached hydrogen (secondary N) is 1. The molecule has 0 fully saturated rings. The number of carbonyl (C=O) groups is 1. The molecule has 94 valence electrons. The SMILES string of the molecule is Cc1ccc([C@@H](C)NC(=O)CCCCCl)cc1. The van der Waals surface area contributed by atoms with Gasteiger partial charge in [0.1, 0.15) is 0 Å². The second-order valence-electron chi connectivity index (χ2n) is 4.35. The molecule has 17 heavy (non-hydrogen) atoms. The normalized spacial score (nSPS) is 12.2. The van der Waals surface area contributed by atoms with Crippen LogP contribution in [0.4, 0.5) is 0 Å². The van der Waals surface area contributed by atoms with Gasteiger partial charge in [0.2, 0.25) is 5.91 Å². The molecule has 0 aliphatic heterocycles. The van der Waals surface area contributed by atoms with Crippen LogP contribution in [0, 0.1) is 6.92 Å². The summed E-state index contributed by atoms with van der Waals surface area (Å²) in [7, 11) is 0. The van der Waals surface area contributed by atoms with Gasteiger partial charge in [-0.25, -0.2) is 0 Å². The van der Waals surface area contributed by atoms with Crippen molar-refractivity contribution in [3.8, 4) is 0 Å². The lowest BCUT2D eigenvalue weighted by Gasteiger charge is -2.14. The van der Waals surface area contributed by atoms with E-state index in [1.54, 1.807) is 0 Å². The maximum Gasteiger partial charge on any atom is 0.220 e. The van der Waals surface area contributed by atoms with Crippen molar-refractivity contribution in [2.24, 2.45) is 0 Å². The van der Waals surface area contributed by atoms with Crippen LogP contribution < -0.4 is 5.32 Å². The summed E-state index contributed by atoms with van der Waals surface area (Å²) in [6.07, 6.45) is 2.31. The van der Waals surface area contributed by atoms with Crippen LogP contribution in [0.3, 0.4) is 0 Å². The quantitative estimate of drug-likeness (QED) is 0.609. The third-order valence-corrected chi connectivity index (χ3v) is 3.01. The number of alkyl halides is 1. The van der Waals surface area contributed by atoms with Gasteiger partial charge in [0.05, 0.1) is 6.04 Å². The number of benzene rings is 1. The number of unbranched alkanes of at least 4 members (excludes halogenated alkanes) is 1. The topological polar surface area (TPSA) is 29.1 Å². The molecule has 1 rings (SSSR count). The van der Waals surface area contributed by atoms with E-state index in [4.69, 9.17) is 11.6 Å². The van der Waals surface area contributed by atoms with E-state index in [9.17, 15) is 4.79 Å². The first-order chi connectivity index (χ1) is 8.13. The second kappa shape index (κ2) is 7.33. The molecular weight excluding hydrogens is 234 g/mol. The maximum atomic E-state index is 11.6. The Kier molecular flexibility index (Phi) is 6.06. The molecule has 1 aromatic carbocycles. The van der Waals surface area contributed by atoms with Crippen molar-refractivity contribution in [3.05, 3.63) is 35.4 Å². The Bertz CT molecular complexity index is 348. The zero-order valence-electron chi connectivity index (χ0n) is 10.5. The fraction of sp³-hybridized carbons (Fsp3) is 0.500. The monoisotopic (exact) mass is 253 g/mol. The van der Waals surface area contributed by atoms with Gasteiger partial charge in [-0.05, 0) is 32.3 Å². The van der Waals surface area contributed by atoms with Crippen molar-refractivity contribution >= 4 is 17.5 Å². The molecule has 1 amide bonds. The van der Waals surface area contributed by atoms with Gasteiger partial charge in [0, 0.05) is 12.3 Å². The molecule has 0 saturated heterocycles. The lowest BCUT2D eigenvalue weighted by atomic mass is 10.1. The van der Waals surface area contributed by atoms with Gasteiger partial charge in [-0.2, -0.15) is 0 Å². The zero-order valence-corrected chi connectivity index (χ0v) is 11.3. The average Bonchev–Trinajstić information content (AvgIpc) is 2.30. The largest absolute Gasteiger partial charge is 0.350 e. The summed E-state index contributed by atoms with van der Waals surface area (Å²) < 4.78 is 0. The Balaban J connectivity index is 2.40. The number of halogens is 1. The molecule has 0 bridgehead atoms. The molecule has 0 heterocycles. The minimum absolute atomic E-state index is 0.0686. The predicted octanol–water partition coefficient (Wildman–Crippen LogP) is 3.58. The Morgan fingerprint density at radius 1 is 1.29 bits per heavy atom. The first kappa shape index (κ1) is 14.0. The van der Waals surface area contributed by atoms with Gasteiger partial charge in [-0.15, -0.1) is 11.6 Å². The third-order valence-electron chi connectivity index (χ3n) is 2.74. The van der Waals surface area contributed by atoms with Crippen LogP contribution in [0.5, 0.6) is 0 Å². The fourth-order valence-corrected chi connectivity index (χ4v) is 1.82. The van der Waals surface area contributed by atoms with Crippen LogP contribution in [-0.4, -0.2) is 11.8 Å². The highest BCUT2D eigenvalue weighted by atomic mass is 35.5. The molecule has 0 radical (unpaired) electrons. The van der Waals surface area contributed by atoms with Crippen LogP contribution in [0.1, 0.15) is 43.4 Å². The number of hydrogen-bond acceptors (Lipinski definition) is 1. The molecule has 1 atom stereocenters. The van der Waals surface area contributed by atoms with Crippen molar-refractivity contribution in [2.45, 2.75) is 39.2 Å². The second-order valence-corrected chi connectivity index (χ2v) is 4.72. The van der Waals surface area contributed by atoms with Gasteiger partial charge in [0.15, 0.2) is 0 Å². The summed E-state index contributed by atoms with van der Waals surface area (Å²) in [6.45, 7) is 4.06. The van der Waals surface area contributed by atoms with Crippen LogP contribution in [-0.2, 0) is 4.79 Å². The molecule has 0 unspecified atom stereocenters. The Morgan fingerprint density at radius 2 is 1.94 bits per heavy atom. The van der Waals surface area contributed by atoms with E-state index in [1.807, 2.05) is 6.92 Å². The summed E-state index contributed by atoms with van der Waals surface area (Å²) in [5, 5.41) is 2.99. The van der Waals surface area contributed by atoms with Crippen molar-refractivity contribution < 1.29 is 4.79 Å². The number of aryl methyl sites for hydroxylation is 1. The highest BCUT2D eigenvalue weighted by Gasteiger charge is 2.08. The first-order valence-corrected chi connectivity index (χ1v) is 6.59. The van der Waals surface area contributed by atoms with E-state index in [2.05, 4.69) is 36.5 Å². The van der Waals surface area contributed by atoms with Crippen LogP contribution in [0.15, 0.2) is 24.3 Å². The molecule has 3 heteroatoms. The standard InChI is InChI=1S/C14H20ClNO/c1-11-6-8-13(9-7-11)12(2)16-14(17)5-3-4-10-15/h6-9,12H,3-5,10H2,1-2H3,(H,16,17)/t12-/m1/s1. The molecule has 0 aromatic heterocycles. The van der Waals surface area contributed by atoms with Crippen molar-refractivity contribution in [1.29, 1.82) is 0 Å². The number of carbonyl (C=O) groups excluding carboxylic acids is 1. The van der Waals surface area contributed by atoms with Gasteiger partial charge >= 0.3 is 0 Å². The lowest BCUT2D eigenvalue weighted by Crippen LogP contribution is -2.26. The molecule has 0 saturated carbocycles. The summed E-state index contributed by atoms with van der Waals surface area (Å²) in [4.78, 5) is 11.6. The van der Waals surface area contributed by atoms with Crippen molar-refractivity contribution in [1.82, 2.24) is 5.32 Å². The van der Waals surface area contributed by atoms with Crippen LogP contribution in [0.25, 0.3) is 0 Å². The van der Waals surface area contributed by atoms with E-state index in [0.717, 1.165) is 18.4 Å². The summed E-state index contributed by atoms with van der Waals surface area (Å²) in [5.74, 6) is 0.726. The van der Waals surface area contributed by atoms with E-state index >= 15 is 0 Å². The lowest BCUT2D eigenvalue weighted by molar-refractivity contribution is -0.121. The Hall–Kier alpha value is -1.02. The van der Waals surface area contributed by atoms with Crippen molar-refractivity contribution in [3.63, 3.8) is 0 Å². The van der Waals surface area contributed by atoms with Gasteiger partial charge in [-0.3, -0.25) is 4.79 Å². The highest BCUT2D eigenvalue weighted by Crippen LogP contribution is 2.13.